The molecule has 1 atom stereocenters. The molecule has 5 nitrogen and oxygen atoms in total. The van der Waals surface area contributed by atoms with Crippen molar-refractivity contribution in [3.8, 4) is 0 Å². The zero-order valence-electron chi connectivity index (χ0n) is 10.1. The minimum absolute atomic E-state index is 0.0243. The van der Waals surface area contributed by atoms with Crippen molar-refractivity contribution >= 4 is 29.2 Å². The Morgan fingerprint density at radius 2 is 2.00 bits per heavy atom. The highest BCUT2D eigenvalue weighted by atomic mass is 35.5. The maximum atomic E-state index is 11.8. The molecule has 0 aliphatic carbocycles. The molecule has 1 rings (SSSR count). The second kappa shape index (κ2) is 5.84. The fourth-order valence-electron chi connectivity index (χ4n) is 1.33. The number of anilines is 1. The van der Waals surface area contributed by atoms with E-state index >= 15 is 0 Å². The molecule has 0 spiro atoms. The predicted octanol–water partition coefficient (Wildman–Crippen LogP) is 1.96. The van der Waals surface area contributed by atoms with Gasteiger partial charge in [0.15, 0.2) is 0 Å². The van der Waals surface area contributed by atoms with Gasteiger partial charge < -0.3 is 16.2 Å². The number of carbonyl (C=O) groups is 2. The number of hydrogen-bond acceptors (Lipinski definition) is 3. The Kier molecular flexibility index (Phi) is 4.69. The molecule has 0 aliphatic heterocycles. The topological polar surface area (TPSA) is 92.4 Å². The van der Waals surface area contributed by atoms with Crippen LogP contribution in [-0.2, 0) is 4.79 Å². The van der Waals surface area contributed by atoms with Crippen LogP contribution < -0.4 is 11.1 Å². The third kappa shape index (κ3) is 3.45. The lowest BCUT2D eigenvalue weighted by molar-refractivity contribution is -0.118. The minimum Gasteiger partial charge on any atom is -0.478 e. The maximum absolute atomic E-state index is 11.8. The summed E-state index contributed by atoms with van der Waals surface area (Å²) in [6.07, 6.45) is 0. The number of benzene rings is 1. The summed E-state index contributed by atoms with van der Waals surface area (Å²) in [4.78, 5) is 22.8. The molecule has 0 saturated carbocycles. The van der Waals surface area contributed by atoms with E-state index in [4.69, 9.17) is 22.4 Å². The molecule has 1 aromatic rings. The molecule has 4 N–H and O–H groups in total. The summed E-state index contributed by atoms with van der Waals surface area (Å²) >= 11 is 5.77. The molecule has 1 amide bonds. The standard InChI is InChI=1S/C12H15ClN2O3/c1-6(2)10(14)11(16)15-9-5-7(13)3-4-8(9)12(17)18/h3-6,10H,14H2,1-2H3,(H,15,16)(H,17,18). The van der Waals surface area contributed by atoms with E-state index in [1.807, 2.05) is 0 Å². The van der Waals surface area contributed by atoms with E-state index < -0.39 is 17.9 Å². The lowest BCUT2D eigenvalue weighted by atomic mass is 10.0. The molecule has 0 aliphatic rings. The number of nitrogens with one attached hydrogen (secondary N) is 1. The van der Waals surface area contributed by atoms with E-state index in [9.17, 15) is 9.59 Å². The Balaban J connectivity index is 2.99. The van der Waals surface area contributed by atoms with Crippen LogP contribution in [0.2, 0.25) is 5.02 Å². The normalized spacial score (nSPS) is 12.3. The molecule has 0 heterocycles. The molecule has 0 radical (unpaired) electrons. The summed E-state index contributed by atoms with van der Waals surface area (Å²) in [5.74, 6) is -1.62. The van der Waals surface area contributed by atoms with Crippen molar-refractivity contribution in [2.24, 2.45) is 11.7 Å². The Morgan fingerprint density at radius 3 is 2.50 bits per heavy atom. The van der Waals surface area contributed by atoms with Crippen molar-refractivity contribution in [3.63, 3.8) is 0 Å². The molecule has 0 bridgehead atoms. The number of carboxylic acids is 1. The van der Waals surface area contributed by atoms with Gasteiger partial charge in [0, 0.05) is 5.02 Å². The number of hydrogen-bond donors (Lipinski definition) is 3. The van der Waals surface area contributed by atoms with Crippen LogP contribution in [0.25, 0.3) is 0 Å². The van der Waals surface area contributed by atoms with Gasteiger partial charge in [-0.2, -0.15) is 0 Å². The SMILES string of the molecule is CC(C)C(N)C(=O)Nc1cc(Cl)ccc1C(=O)O. The number of carboxylic acid groups (broad SMARTS) is 1. The molecule has 1 unspecified atom stereocenters. The van der Waals surface area contributed by atoms with Crippen molar-refractivity contribution < 1.29 is 14.7 Å². The van der Waals surface area contributed by atoms with Crippen molar-refractivity contribution in [1.82, 2.24) is 0 Å². The summed E-state index contributed by atoms with van der Waals surface area (Å²) in [7, 11) is 0. The molecule has 18 heavy (non-hydrogen) atoms. The van der Waals surface area contributed by atoms with Gasteiger partial charge in [-0.3, -0.25) is 4.79 Å². The molecule has 6 heteroatoms. The van der Waals surface area contributed by atoms with Gasteiger partial charge in [0.05, 0.1) is 17.3 Å². The first-order chi connectivity index (χ1) is 8.32. The third-order valence-electron chi connectivity index (χ3n) is 2.49. The molecule has 98 valence electrons. The summed E-state index contributed by atoms with van der Waals surface area (Å²) in [5, 5.41) is 11.8. The fourth-order valence-corrected chi connectivity index (χ4v) is 1.50. The Labute approximate surface area is 110 Å². The second-order valence-electron chi connectivity index (χ2n) is 4.25. The number of aromatic carboxylic acids is 1. The van der Waals surface area contributed by atoms with Gasteiger partial charge in [-0.05, 0) is 24.1 Å². The highest BCUT2D eigenvalue weighted by molar-refractivity contribution is 6.31. The van der Waals surface area contributed by atoms with Crippen LogP contribution in [0.5, 0.6) is 0 Å². The maximum Gasteiger partial charge on any atom is 0.337 e. The smallest absolute Gasteiger partial charge is 0.337 e. The van der Waals surface area contributed by atoms with Crippen molar-refractivity contribution in [2.75, 3.05) is 5.32 Å². The summed E-state index contributed by atoms with van der Waals surface area (Å²) in [6, 6.07) is 3.46. The van der Waals surface area contributed by atoms with E-state index in [1.54, 1.807) is 13.8 Å². The Hall–Kier alpha value is -1.59. The quantitative estimate of drug-likeness (QED) is 0.780. The van der Waals surface area contributed by atoms with Crippen LogP contribution in [0.15, 0.2) is 18.2 Å². The third-order valence-corrected chi connectivity index (χ3v) is 2.73. The zero-order chi connectivity index (χ0) is 13.9. The predicted molar refractivity (Wildman–Crippen MR) is 69.9 cm³/mol. The van der Waals surface area contributed by atoms with Crippen LogP contribution in [0, 0.1) is 5.92 Å². The largest absolute Gasteiger partial charge is 0.478 e. The number of rotatable bonds is 4. The molecule has 0 saturated heterocycles. The Bertz CT molecular complexity index is 474. The van der Waals surface area contributed by atoms with Crippen molar-refractivity contribution in [3.05, 3.63) is 28.8 Å². The minimum atomic E-state index is -1.14. The van der Waals surface area contributed by atoms with E-state index in [-0.39, 0.29) is 17.2 Å². The number of carbonyl (C=O) groups excluding carboxylic acids is 1. The van der Waals surface area contributed by atoms with Crippen LogP contribution >= 0.6 is 11.6 Å². The van der Waals surface area contributed by atoms with Crippen LogP contribution in [0.3, 0.4) is 0 Å². The number of nitrogens with two attached hydrogens (primary N) is 1. The number of amides is 1. The van der Waals surface area contributed by atoms with Crippen LogP contribution in [0.1, 0.15) is 24.2 Å². The summed E-state index contributed by atoms with van der Waals surface area (Å²) < 4.78 is 0. The van der Waals surface area contributed by atoms with Crippen LogP contribution in [-0.4, -0.2) is 23.0 Å². The second-order valence-corrected chi connectivity index (χ2v) is 4.69. The summed E-state index contributed by atoms with van der Waals surface area (Å²) in [6.45, 7) is 3.61. The van der Waals surface area contributed by atoms with Gasteiger partial charge in [-0.1, -0.05) is 25.4 Å². The highest BCUT2D eigenvalue weighted by Gasteiger charge is 2.19. The van der Waals surface area contributed by atoms with E-state index in [1.165, 1.54) is 18.2 Å². The summed E-state index contributed by atoms with van der Waals surface area (Å²) in [5.41, 5.74) is 5.80. The lowest BCUT2D eigenvalue weighted by Crippen LogP contribution is -2.40. The first-order valence-corrected chi connectivity index (χ1v) is 5.80. The molecule has 1 aromatic carbocycles. The van der Waals surface area contributed by atoms with Crippen molar-refractivity contribution in [2.45, 2.75) is 19.9 Å². The molecular weight excluding hydrogens is 256 g/mol. The average molecular weight is 271 g/mol. The van der Waals surface area contributed by atoms with Gasteiger partial charge in [0.25, 0.3) is 0 Å². The lowest BCUT2D eigenvalue weighted by Gasteiger charge is -2.16. The van der Waals surface area contributed by atoms with Crippen LogP contribution in [0.4, 0.5) is 5.69 Å². The first-order valence-electron chi connectivity index (χ1n) is 5.42. The Morgan fingerprint density at radius 1 is 1.39 bits per heavy atom. The molecule has 0 fully saturated rings. The average Bonchev–Trinajstić information content (AvgIpc) is 2.27. The monoisotopic (exact) mass is 270 g/mol. The van der Waals surface area contributed by atoms with E-state index in [0.717, 1.165) is 0 Å². The van der Waals surface area contributed by atoms with Gasteiger partial charge in [0.2, 0.25) is 5.91 Å². The zero-order valence-corrected chi connectivity index (χ0v) is 10.9. The van der Waals surface area contributed by atoms with E-state index in [0.29, 0.717) is 5.02 Å². The van der Waals surface area contributed by atoms with Gasteiger partial charge in [0.1, 0.15) is 0 Å². The van der Waals surface area contributed by atoms with Gasteiger partial charge in [-0.25, -0.2) is 4.79 Å². The molecule has 0 aromatic heterocycles. The van der Waals surface area contributed by atoms with Gasteiger partial charge >= 0.3 is 5.97 Å². The first kappa shape index (κ1) is 14.5. The molecular formula is C12H15ClN2O3. The number of halogens is 1. The highest BCUT2D eigenvalue weighted by Crippen LogP contribution is 2.21. The fraction of sp³-hybridized carbons (Fsp3) is 0.333. The van der Waals surface area contributed by atoms with E-state index in [2.05, 4.69) is 5.32 Å². The van der Waals surface area contributed by atoms with Gasteiger partial charge in [-0.15, -0.1) is 0 Å². The van der Waals surface area contributed by atoms with Crippen molar-refractivity contribution in [1.29, 1.82) is 0 Å².